The molecule has 0 atom stereocenters. The molecule has 0 aliphatic heterocycles. The van der Waals surface area contributed by atoms with Gasteiger partial charge in [-0.25, -0.2) is 0 Å². The summed E-state index contributed by atoms with van der Waals surface area (Å²) in [6.45, 7) is 2.49. The maximum Gasteiger partial charge on any atom is 0.260 e. The van der Waals surface area contributed by atoms with E-state index in [0.717, 1.165) is 15.9 Å². The summed E-state index contributed by atoms with van der Waals surface area (Å²) in [5.74, 6) is 0.000570. The van der Waals surface area contributed by atoms with E-state index in [4.69, 9.17) is 0 Å². The summed E-state index contributed by atoms with van der Waals surface area (Å²) in [6, 6.07) is 28.3. The molecule has 5 heteroatoms. The summed E-state index contributed by atoms with van der Waals surface area (Å²) in [5, 5.41) is 6.23. The van der Waals surface area contributed by atoms with E-state index in [9.17, 15) is 9.59 Å². The Bertz CT molecular complexity index is 947. The van der Waals surface area contributed by atoms with Gasteiger partial charge in [-0.05, 0) is 55.5 Å². The summed E-state index contributed by atoms with van der Waals surface area (Å²) >= 11 is 0. The minimum Gasteiger partial charge on any atom is -0.352 e. The number of nitrogens with zero attached hydrogens (tertiary/aromatic N) is 1. The van der Waals surface area contributed by atoms with Crippen LogP contribution in [0.3, 0.4) is 0 Å². The summed E-state index contributed by atoms with van der Waals surface area (Å²) in [7, 11) is 1.34. The van der Waals surface area contributed by atoms with Crippen LogP contribution in [0, 0.1) is 0 Å². The molecule has 0 aromatic heterocycles. The summed E-state index contributed by atoms with van der Waals surface area (Å²) in [5.41, 5.74) is 0.624. The Morgan fingerprint density at radius 1 is 0.767 bits per heavy atom. The predicted molar refractivity (Wildman–Crippen MR) is 127 cm³/mol. The fourth-order valence-corrected chi connectivity index (χ4v) is 7.71. The molecule has 3 aromatic carbocycles. The van der Waals surface area contributed by atoms with Crippen LogP contribution in [0.4, 0.5) is 0 Å². The monoisotopic (exact) mass is 419 g/mol. The average Bonchev–Trinajstić information content (AvgIpc) is 2.78. The van der Waals surface area contributed by atoms with Crippen LogP contribution in [0.5, 0.6) is 0 Å². The number of hydrogen-bond donors (Lipinski definition) is 1. The van der Waals surface area contributed by atoms with Gasteiger partial charge in [0.15, 0.2) is 6.16 Å². The first-order chi connectivity index (χ1) is 14.5. The molecule has 2 amide bonds. The minimum atomic E-state index is -2.25. The third kappa shape index (κ3) is 4.44. The number of carbonyl (C=O) groups is 2. The lowest BCUT2D eigenvalue weighted by molar-refractivity contribution is -0.125. The van der Waals surface area contributed by atoms with Crippen LogP contribution in [0.2, 0.25) is 0 Å². The van der Waals surface area contributed by atoms with E-state index in [1.165, 1.54) is 0 Å². The quantitative estimate of drug-likeness (QED) is 0.599. The van der Waals surface area contributed by atoms with Crippen molar-refractivity contribution in [1.29, 1.82) is 0 Å². The second-order valence-electron chi connectivity index (χ2n) is 7.33. The molecule has 0 unspecified atom stereocenters. The first-order valence-electron chi connectivity index (χ1n) is 10.1. The van der Waals surface area contributed by atoms with Gasteiger partial charge in [-0.3, -0.25) is 9.59 Å². The maximum absolute atomic E-state index is 13.0. The second kappa shape index (κ2) is 9.69. The second-order valence-corrected chi connectivity index (χ2v) is 10.8. The smallest absolute Gasteiger partial charge is 0.260 e. The number of amides is 2. The van der Waals surface area contributed by atoms with Crippen molar-refractivity contribution in [2.75, 3.05) is 26.8 Å². The van der Waals surface area contributed by atoms with Crippen molar-refractivity contribution in [3.8, 4) is 0 Å². The highest BCUT2D eigenvalue weighted by Gasteiger charge is 2.47. The lowest BCUT2D eigenvalue weighted by atomic mass is 10.2. The normalized spacial score (nSPS) is 11.0. The minimum absolute atomic E-state index is 0.0863. The van der Waals surface area contributed by atoms with E-state index in [0.29, 0.717) is 18.3 Å². The molecule has 0 aliphatic carbocycles. The van der Waals surface area contributed by atoms with Crippen LogP contribution in [-0.4, -0.2) is 43.5 Å². The molecule has 4 nitrogen and oxygen atoms in total. The molecule has 0 saturated carbocycles. The SMILES string of the molecule is CCNC(=O)c1ccc([P+](CC(=O)N(C)C)(c2ccccc2)c2ccccc2)cc1. The fourth-order valence-electron chi connectivity index (χ4n) is 3.56. The molecule has 0 radical (unpaired) electrons. The van der Waals surface area contributed by atoms with Gasteiger partial charge in [-0.15, -0.1) is 0 Å². The van der Waals surface area contributed by atoms with E-state index in [1.807, 2.05) is 67.6 Å². The Kier molecular flexibility index (Phi) is 7.02. The molecule has 0 aliphatic rings. The van der Waals surface area contributed by atoms with Crippen molar-refractivity contribution in [3.05, 3.63) is 90.5 Å². The van der Waals surface area contributed by atoms with Crippen molar-refractivity contribution >= 4 is 35.0 Å². The first-order valence-corrected chi connectivity index (χ1v) is 12.0. The number of hydrogen-bond acceptors (Lipinski definition) is 2. The number of nitrogens with one attached hydrogen (secondary N) is 1. The molecule has 0 saturated heterocycles. The average molecular weight is 419 g/mol. The van der Waals surface area contributed by atoms with E-state index in [2.05, 4.69) is 29.6 Å². The van der Waals surface area contributed by atoms with Gasteiger partial charge in [0.2, 0.25) is 0 Å². The zero-order valence-corrected chi connectivity index (χ0v) is 18.6. The molecule has 3 rings (SSSR count). The third-order valence-electron chi connectivity index (χ3n) is 5.17. The van der Waals surface area contributed by atoms with Crippen LogP contribution in [0.15, 0.2) is 84.9 Å². The maximum atomic E-state index is 13.0. The topological polar surface area (TPSA) is 49.4 Å². The Hall–Kier alpha value is -2.97. The Balaban J connectivity index is 2.22. The van der Waals surface area contributed by atoms with Gasteiger partial charge >= 0.3 is 0 Å². The molecule has 0 fully saturated rings. The number of rotatable bonds is 7. The Labute approximate surface area is 179 Å². The van der Waals surface area contributed by atoms with Crippen molar-refractivity contribution in [3.63, 3.8) is 0 Å². The molecular weight excluding hydrogens is 391 g/mol. The van der Waals surface area contributed by atoms with Crippen molar-refractivity contribution in [2.45, 2.75) is 6.92 Å². The molecule has 3 aromatic rings. The highest BCUT2D eigenvalue weighted by atomic mass is 31.2. The van der Waals surface area contributed by atoms with Crippen molar-refractivity contribution < 1.29 is 9.59 Å². The largest absolute Gasteiger partial charge is 0.352 e. The zero-order chi connectivity index (χ0) is 21.6. The Morgan fingerprint density at radius 3 is 1.67 bits per heavy atom. The fraction of sp³-hybridized carbons (Fsp3) is 0.200. The van der Waals surface area contributed by atoms with Crippen LogP contribution in [0.1, 0.15) is 17.3 Å². The summed E-state index contributed by atoms with van der Waals surface area (Å²) in [6.07, 6.45) is 0.397. The zero-order valence-electron chi connectivity index (χ0n) is 17.7. The molecule has 0 spiro atoms. The summed E-state index contributed by atoms with van der Waals surface area (Å²) in [4.78, 5) is 26.9. The van der Waals surface area contributed by atoms with Crippen molar-refractivity contribution in [2.24, 2.45) is 0 Å². The van der Waals surface area contributed by atoms with Gasteiger partial charge < -0.3 is 10.2 Å². The van der Waals surface area contributed by atoms with Crippen LogP contribution in [0.25, 0.3) is 0 Å². The lowest BCUT2D eigenvalue weighted by Crippen LogP contribution is -2.39. The molecule has 1 N–H and O–H groups in total. The molecule has 154 valence electrons. The highest BCUT2D eigenvalue weighted by molar-refractivity contribution is 7.96. The van der Waals surface area contributed by atoms with Gasteiger partial charge in [-0.2, -0.15) is 0 Å². The molecular formula is C25H28N2O2P+. The van der Waals surface area contributed by atoms with Crippen LogP contribution in [-0.2, 0) is 4.79 Å². The standard InChI is InChI=1S/C25H27N2O2P/c1-4-26-25(29)20-15-17-23(18-16-20)30(19-24(28)27(2)3,21-11-7-5-8-12-21)22-13-9-6-10-14-22/h5-18H,4,19H2,1-3H3/p+1. The van der Waals surface area contributed by atoms with E-state index in [-0.39, 0.29) is 11.8 Å². The van der Waals surface area contributed by atoms with E-state index >= 15 is 0 Å². The molecule has 30 heavy (non-hydrogen) atoms. The lowest BCUT2D eigenvalue weighted by Gasteiger charge is -2.28. The van der Waals surface area contributed by atoms with Crippen LogP contribution < -0.4 is 21.2 Å². The number of carbonyl (C=O) groups excluding carboxylic acids is 2. The molecule has 0 heterocycles. The van der Waals surface area contributed by atoms with Gasteiger partial charge in [0, 0.05) is 26.2 Å². The summed E-state index contributed by atoms with van der Waals surface area (Å²) < 4.78 is 0. The number of benzene rings is 3. The van der Waals surface area contributed by atoms with E-state index in [1.54, 1.807) is 19.0 Å². The van der Waals surface area contributed by atoms with Gasteiger partial charge in [0.1, 0.15) is 23.2 Å². The first kappa shape index (κ1) is 21.7. The van der Waals surface area contributed by atoms with Gasteiger partial charge in [0.05, 0.1) is 0 Å². The predicted octanol–water partition coefficient (Wildman–Crippen LogP) is 2.82. The highest BCUT2D eigenvalue weighted by Crippen LogP contribution is 2.55. The molecule has 0 bridgehead atoms. The van der Waals surface area contributed by atoms with Crippen molar-refractivity contribution in [1.82, 2.24) is 10.2 Å². The Morgan fingerprint density at radius 2 is 1.23 bits per heavy atom. The van der Waals surface area contributed by atoms with Gasteiger partial charge in [-0.1, -0.05) is 36.4 Å². The third-order valence-corrected chi connectivity index (χ3v) is 9.46. The van der Waals surface area contributed by atoms with Gasteiger partial charge in [0.25, 0.3) is 11.8 Å². The van der Waals surface area contributed by atoms with E-state index < -0.39 is 7.26 Å². The van der Waals surface area contributed by atoms with Crippen LogP contribution >= 0.6 is 7.26 Å².